The summed E-state index contributed by atoms with van der Waals surface area (Å²) >= 11 is 0. The predicted molar refractivity (Wildman–Crippen MR) is 85.9 cm³/mol. The summed E-state index contributed by atoms with van der Waals surface area (Å²) in [6.07, 6.45) is 15.9. The maximum Gasteiger partial charge on any atom is 1.00 e. The van der Waals surface area contributed by atoms with E-state index in [9.17, 15) is 15.0 Å². The summed E-state index contributed by atoms with van der Waals surface area (Å²) in [4.78, 5) is 10.2. The van der Waals surface area contributed by atoms with Crippen LogP contribution in [0.25, 0.3) is 0 Å². The van der Waals surface area contributed by atoms with Gasteiger partial charge in [0.25, 0.3) is 0 Å². The third-order valence-electron chi connectivity index (χ3n) is 4.06. The average molecular weight is 322 g/mol. The van der Waals surface area contributed by atoms with Gasteiger partial charge in [-0.2, -0.15) is 0 Å². The SMILES string of the molecule is CCCCCCCCC(O)CCCCCCCCC(=O)[O-].[Na+]. The van der Waals surface area contributed by atoms with Gasteiger partial charge in [-0.05, 0) is 25.7 Å². The largest absolute Gasteiger partial charge is 1.00 e. The van der Waals surface area contributed by atoms with Crippen LogP contribution >= 0.6 is 0 Å². The molecule has 0 aliphatic carbocycles. The average Bonchev–Trinajstić information content (AvgIpc) is 2.45. The Morgan fingerprint density at radius 3 is 1.68 bits per heavy atom. The fourth-order valence-corrected chi connectivity index (χ4v) is 2.66. The molecule has 3 nitrogen and oxygen atoms in total. The van der Waals surface area contributed by atoms with Gasteiger partial charge in [0.15, 0.2) is 0 Å². The Kier molecular flexibility index (Phi) is 21.8. The van der Waals surface area contributed by atoms with Crippen LogP contribution in [0.3, 0.4) is 0 Å². The number of carboxylic acids is 1. The Morgan fingerprint density at radius 2 is 1.23 bits per heavy atom. The van der Waals surface area contributed by atoms with Crippen molar-refractivity contribution in [2.75, 3.05) is 0 Å². The van der Waals surface area contributed by atoms with Crippen LogP contribution in [0, 0.1) is 0 Å². The number of hydrogen-bond acceptors (Lipinski definition) is 3. The number of aliphatic hydroxyl groups excluding tert-OH is 1. The Morgan fingerprint density at radius 1 is 0.818 bits per heavy atom. The molecule has 1 N–H and O–H groups in total. The van der Waals surface area contributed by atoms with Crippen molar-refractivity contribution >= 4 is 5.97 Å². The Hall–Kier alpha value is 0.430. The zero-order valence-electron chi connectivity index (χ0n) is 14.9. The van der Waals surface area contributed by atoms with Gasteiger partial charge >= 0.3 is 29.6 Å². The van der Waals surface area contributed by atoms with E-state index in [2.05, 4.69) is 6.92 Å². The van der Waals surface area contributed by atoms with Gasteiger partial charge in [0, 0.05) is 5.97 Å². The normalized spacial score (nSPS) is 11.9. The minimum absolute atomic E-state index is 0. The first-order chi connectivity index (χ1) is 10.2. The van der Waals surface area contributed by atoms with E-state index in [-0.39, 0.29) is 42.1 Å². The van der Waals surface area contributed by atoms with E-state index in [1.54, 1.807) is 0 Å². The van der Waals surface area contributed by atoms with Gasteiger partial charge < -0.3 is 15.0 Å². The molecule has 0 rings (SSSR count). The monoisotopic (exact) mass is 322 g/mol. The summed E-state index contributed by atoms with van der Waals surface area (Å²) in [5.41, 5.74) is 0. The summed E-state index contributed by atoms with van der Waals surface area (Å²) in [5, 5.41) is 20.1. The van der Waals surface area contributed by atoms with Crippen LogP contribution in [0.4, 0.5) is 0 Å². The van der Waals surface area contributed by atoms with Gasteiger partial charge in [-0.1, -0.05) is 77.6 Å². The third kappa shape index (κ3) is 20.4. The maximum absolute atomic E-state index is 10.2. The molecule has 0 fully saturated rings. The number of carbonyl (C=O) groups excluding carboxylic acids is 1. The summed E-state index contributed by atoms with van der Waals surface area (Å²) in [7, 11) is 0. The number of carbonyl (C=O) groups is 1. The first kappa shape index (κ1) is 24.7. The van der Waals surface area contributed by atoms with Crippen LogP contribution < -0.4 is 34.7 Å². The van der Waals surface area contributed by atoms with E-state index >= 15 is 0 Å². The molecule has 0 aliphatic rings. The molecule has 1 atom stereocenters. The van der Waals surface area contributed by atoms with Gasteiger partial charge in [-0.25, -0.2) is 0 Å². The first-order valence-corrected chi connectivity index (χ1v) is 9.04. The molecule has 0 aliphatic heterocycles. The Bertz CT molecular complexity index is 234. The van der Waals surface area contributed by atoms with E-state index in [0.717, 1.165) is 57.8 Å². The molecule has 0 heterocycles. The zero-order chi connectivity index (χ0) is 15.8. The minimum Gasteiger partial charge on any atom is -0.550 e. The molecule has 0 bridgehead atoms. The second-order valence-electron chi connectivity index (χ2n) is 6.24. The summed E-state index contributed by atoms with van der Waals surface area (Å²) < 4.78 is 0. The summed E-state index contributed by atoms with van der Waals surface area (Å²) in [6, 6.07) is 0. The second-order valence-corrected chi connectivity index (χ2v) is 6.24. The molecular formula is C18H35NaO3. The molecule has 0 aromatic heterocycles. The van der Waals surface area contributed by atoms with Gasteiger partial charge in [-0.15, -0.1) is 0 Å². The van der Waals surface area contributed by atoms with Crippen molar-refractivity contribution in [3.63, 3.8) is 0 Å². The number of unbranched alkanes of at least 4 members (excludes halogenated alkanes) is 10. The van der Waals surface area contributed by atoms with Gasteiger partial charge in [0.2, 0.25) is 0 Å². The molecule has 0 aromatic rings. The Balaban J connectivity index is 0. The zero-order valence-corrected chi connectivity index (χ0v) is 16.9. The van der Waals surface area contributed by atoms with Gasteiger partial charge in [-0.3, -0.25) is 0 Å². The van der Waals surface area contributed by atoms with Crippen molar-refractivity contribution in [1.82, 2.24) is 0 Å². The molecule has 4 heteroatoms. The molecule has 1 unspecified atom stereocenters. The van der Waals surface area contributed by atoms with Crippen LogP contribution in [-0.2, 0) is 4.79 Å². The summed E-state index contributed by atoms with van der Waals surface area (Å²) in [5.74, 6) is -0.937. The van der Waals surface area contributed by atoms with Crippen molar-refractivity contribution in [2.24, 2.45) is 0 Å². The fourth-order valence-electron chi connectivity index (χ4n) is 2.66. The van der Waals surface area contributed by atoms with E-state index in [4.69, 9.17) is 0 Å². The molecule has 0 spiro atoms. The maximum atomic E-state index is 10.2. The van der Waals surface area contributed by atoms with Gasteiger partial charge in [0.05, 0.1) is 6.10 Å². The smallest absolute Gasteiger partial charge is 0.550 e. The molecule has 22 heavy (non-hydrogen) atoms. The number of aliphatic hydroxyl groups is 1. The van der Waals surface area contributed by atoms with Crippen LogP contribution in [-0.4, -0.2) is 17.2 Å². The predicted octanol–water partition coefficient (Wildman–Crippen LogP) is 0.973. The molecule has 0 saturated heterocycles. The molecule has 126 valence electrons. The van der Waals surface area contributed by atoms with E-state index in [1.807, 2.05) is 0 Å². The molecule has 0 aromatic carbocycles. The van der Waals surface area contributed by atoms with Crippen molar-refractivity contribution in [3.05, 3.63) is 0 Å². The van der Waals surface area contributed by atoms with Crippen LogP contribution in [0.15, 0.2) is 0 Å². The van der Waals surface area contributed by atoms with Crippen LogP contribution in [0.5, 0.6) is 0 Å². The minimum atomic E-state index is -0.937. The van der Waals surface area contributed by atoms with Crippen molar-refractivity contribution < 1.29 is 44.6 Å². The van der Waals surface area contributed by atoms with E-state index in [1.165, 1.54) is 32.1 Å². The number of hydrogen-bond donors (Lipinski definition) is 1. The number of aliphatic carboxylic acids is 1. The van der Waals surface area contributed by atoms with Crippen LogP contribution in [0.2, 0.25) is 0 Å². The Labute approximate surface area is 159 Å². The summed E-state index contributed by atoms with van der Waals surface area (Å²) in [6.45, 7) is 2.23. The molecule has 0 saturated carbocycles. The number of carboxylic acid groups (broad SMARTS) is 1. The topological polar surface area (TPSA) is 60.4 Å². The van der Waals surface area contributed by atoms with Crippen molar-refractivity contribution in [2.45, 2.75) is 109 Å². The molecule has 0 amide bonds. The van der Waals surface area contributed by atoms with Crippen molar-refractivity contribution in [1.29, 1.82) is 0 Å². The van der Waals surface area contributed by atoms with Gasteiger partial charge in [0.1, 0.15) is 0 Å². The van der Waals surface area contributed by atoms with E-state index in [0.29, 0.717) is 0 Å². The fraction of sp³-hybridized carbons (Fsp3) is 0.944. The number of rotatable bonds is 16. The van der Waals surface area contributed by atoms with Crippen LogP contribution in [0.1, 0.15) is 103 Å². The van der Waals surface area contributed by atoms with E-state index < -0.39 is 5.97 Å². The van der Waals surface area contributed by atoms with Crippen molar-refractivity contribution in [3.8, 4) is 0 Å². The first-order valence-electron chi connectivity index (χ1n) is 9.04. The standard InChI is InChI=1S/C18H36O3.Na/c1-2-3-4-5-8-11-14-17(19)15-12-9-6-7-10-13-16-18(20)21;/h17,19H,2-16H2,1H3,(H,20,21);/q;+1/p-1. The molecule has 0 radical (unpaired) electrons. The quantitative estimate of drug-likeness (QED) is 0.340. The second kappa shape index (κ2) is 19.5. The molecular weight excluding hydrogens is 287 g/mol. The third-order valence-corrected chi connectivity index (χ3v) is 4.06.